The highest BCUT2D eigenvalue weighted by atomic mass is 19.4. The van der Waals surface area contributed by atoms with Gasteiger partial charge in [0.15, 0.2) is 6.79 Å². The largest absolute Gasteiger partial charge is 0.466 e. The lowest BCUT2D eigenvalue weighted by Crippen LogP contribution is -2.47. The van der Waals surface area contributed by atoms with Crippen molar-refractivity contribution in [1.29, 1.82) is 0 Å². The summed E-state index contributed by atoms with van der Waals surface area (Å²) in [6.07, 6.45) is -3.70. The number of carbonyl (C=O) groups excluding carboxylic acids is 2. The first-order chi connectivity index (χ1) is 19.4. The van der Waals surface area contributed by atoms with Crippen LogP contribution in [0.3, 0.4) is 0 Å². The second-order valence-electron chi connectivity index (χ2n) is 12.1. The van der Waals surface area contributed by atoms with Gasteiger partial charge in [-0.15, -0.1) is 10.2 Å². The Morgan fingerprint density at radius 2 is 1.71 bits per heavy atom. The van der Waals surface area contributed by atoms with Crippen molar-refractivity contribution in [3.63, 3.8) is 0 Å². The SMILES string of the molecule is COCOc1c(-c2nnc(N[C@@H]3CCCN(C(=O)OC(C)(C)C)C3)cc2C)ccc(C(F)(F)F)c1C(=O)OC(C)(C)C. The number of alkyl halides is 3. The van der Waals surface area contributed by atoms with Crippen molar-refractivity contribution in [2.24, 2.45) is 0 Å². The van der Waals surface area contributed by atoms with Crippen LogP contribution >= 0.6 is 0 Å². The van der Waals surface area contributed by atoms with Gasteiger partial charge in [-0.2, -0.15) is 13.2 Å². The Kier molecular flexibility index (Phi) is 9.96. The minimum atomic E-state index is -4.86. The molecule has 2 heterocycles. The third-order valence-corrected chi connectivity index (χ3v) is 6.05. The van der Waals surface area contributed by atoms with Gasteiger partial charge in [0.25, 0.3) is 0 Å². The van der Waals surface area contributed by atoms with Gasteiger partial charge in [0.1, 0.15) is 28.3 Å². The van der Waals surface area contributed by atoms with Gasteiger partial charge in [0.2, 0.25) is 0 Å². The molecule has 0 saturated carbocycles. The van der Waals surface area contributed by atoms with E-state index in [2.05, 4.69) is 15.5 Å². The van der Waals surface area contributed by atoms with Crippen molar-refractivity contribution in [3.05, 3.63) is 34.9 Å². The third kappa shape index (κ3) is 8.70. The predicted molar refractivity (Wildman–Crippen MR) is 149 cm³/mol. The van der Waals surface area contributed by atoms with E-state index in [9.17, 15) is 22.8 Å². The number of carbonyl (C=O) groups is 2. The topological polar surface area (TPSA) is 112 Å². The average molecular weight is 597 g/mol. The lowest BCUT2D eigenvalue weighted by molar-refractivity contribution is -0.138. The molecule has 1 aliphatic rings. The van der Waals surface area contributed by atoms with Crippen LogP contribution in [0.5, 0.6) is 5.75 Å². The molecular weight excluding hydrogens is 557 g/mol. The Labute approximate surface area is 243 Å². The Morgan fingerprint density at radius 1 is 1.05 bits per heavy atom. The van der Waals surface area contributed by atoms with Crippen LogP contribution in [0.2, 0.25) is 0 Å². The second kappa shape index (κ2) is 12.7. The van der Waals surface area contributed by atoms with E-state index in [0.29, 0.717) is 24.5 Å². The number of ether oxygens (including phenoxy) is 4. The average Bonchev–Trinajstić information content (AvgIpc) is 2.84. The van der Waals surface area contributed by atoms with Crippen molar-refractivity contribution in [1.82, 2.24) is 15.1 Å². The van der Waals surface area contributed by atoms with Gasteiger partial charge in [0.05, 0.1) is 11.3 Å². The first-order valence-electron chi connectivity index (χ1n) is 13.6. The Hall–Kier alpha value is -3.61. The molecule has 1 atom stereocenters. The summed E-state index contributed by atoms with van der Waals surface area (Å²) >= 11 is 0. The summed E-state index contributed by atoms with van der Waals surface area (Å²) < 4.78 is 63.4. The van der Waals surface area contributed by atoms with Gasteiger partial charge in [-0.05, 0) is 85.1 Å². The number of piperidine rings is 1. The Balaban J connectivity index is 1.96. The monoisotopic (exact) mass is 596 g/mol. The fraction of sp³-hybridized carbons (Fsp3) is 0.586. The van der Waals surface area contributed by atoms with Gasteiger partial charge in [-0.1, -0.05) is 0 Å². The molecule has 1 aliphatic heterocycles. The number of rotatable bonds is 7. The van der Waals surface area contributed by atoms with E-state index in [0.717, 1.165) is 18.9 Å². The number of hydrogen-bond donors (Lipinski definition) is 1. The van der Waals surface area contributed by atoms with Crippen molar-refractivity contribution >= 4 is 17.9 Å². The maximum atomic E-state index is 14.0. The molecule has 1 N–H and O–H groups in total. The molecule has 232 valence electrons. The molecular formula is C29H39F3N4O6. The number of aryl methyl sites for hydroxylation is 1. The van der Waals surface area contributed by atoms with Gasteiger partial charge in [-0.3, -0.25) is 0 Å². The molecule has 1 aromatic carbocycles. The van der Waals surface area contributed by atoms with Crippen molar-refractivity contribution in [2.75, 3.05) is 32.3 Å². The number of hydrogen-bond acceptors (Lipinski definition) is 9. The summed E-state index contributed by atoms with van der Waals surface area (Å²) in [6, 6.07) is 3.57. The molecule has 1 fully saturated rings. The summed E-state index contributed by atoms with van der Waals surface area (Å²) in [7, 11) is 1.31. The highest BCUT2D eigenvalue weighted by Gasteiger charge is 2.40. The molecule has 0 unspecified atom stereocenters. The van der Waals surface area contributed by atoms with Crippen molar-refractivity contribution in [3.8, 4) is 17.0 Å². The van der Waals surface area contributed by atoms with Crippen LogP contribution in [0.1, 0.15) is 75.9 Å². The molecule has 0 bridgehead atoms. The lowest BCUT2D eigenvalue weighted by atomic mass is 9.97. The van der Waals surface area contributed by atoms with Crippen LogP contribution in [-0.4, -0.2) is 71.4 Å². The van der Waals surface area contributed by atoms with Crippen molar-refractivity contribution < 1.29 is 41.7 Å². The summed E-state index contributed by atoms with van der Waals surface area (Å²) in [5.41, 5.74) is -2.76. The Morgan fingerprint density at radius 3 is 2.29 bits per heavy atom. The van der Waals surface area contributed by atoms with Crippen molar-refractivity contribution in [2.45, 2.75) is 84.7 Å². The number of likely N-dealkylation sites (tertiary alicyclic amines) is 1. The zero-order valence-corrected chi connectivity index (χ0v) is 25.3. The van der Waals surface area contributed by atoms with Crippen LogP contribution in [-0.2, 0) is 20.4 Å². The van der Waals surface area contributed by atoms with E-state index < -0.39 is 47.4 Å². The summed E-state index contributed by atoms with van der Waals surface area (Å²) in [4.78, 5) is 27.3. The molecule has 13 heteroatoms. The number of amides is 1. The third-order valence-electron chi connectivity index (χ3n) is 6.05. The smallest absolute Gasteiger partial charge is 0.417 e. The molecule has 10 nitrogen and oxygen atoms in total. The Bertz CT molecular complexity index is 1290. The van der Waals surface area contributed by atoms with Gasteiger partial charge >= 0.3 is 18.2 Å². The van der Waals surface area contributed by atoms with Gasteiger partial charge in [0, 0.05) is 31.8 Å². The van der Waals surface area contributed by atoms with Crippen LogP contribution in [0.4, 0.5) is 23.8 Å². The molecule has 2 aromatic rings. The highest BCUT2D eigenvalue weighted by Crippen LogP contribution is 2.42. The molecule has 42 heavy (non-hydrogen) atoms. The van der Waals surface area contributed by atoms with E-state index >= 15 is 0 Å². The van der Waals surface area contributed by atoms with E-state index in [1.165, 1.54) is 13.2 Å². The molecule has 0 radical (unpaired) electrons. The standard InChI is InChI=1S/C29H39F3N4O6/c1-17-14-21(33-18-10-9-13-36(15-18)26(38)42-28(5,6)7)34-35-23(17)19-11-12-20(29(30,31)32)22(24(19)40-16-39-8)25(37)41-27(2,3)4/h11-12,14,18H,9-10,13,15-16H2,1-8H3,(H,33,34)/t18-/m1/s1. The summed E-state index contributed by atoms with van der Waals surface area (Å²) in [6.45, 7) is 12.4. The quantitative estimate of drug-likeness (QED) is 0.294. The van der Waals surface area contributed by atoms with Gasteiger partial charge in [-0.25, -0.2) is 9.59 Å². The van der Waals surface area contributed by atoms with Crippen LogP contribution in [0, 0.1) is 6.92 Å². The molecule has 1 amide bonds. The first kappa shape index (κ1) is 32.9. The first-order valence-corrected chi connectivity index (χ1v) is 13.6. The van der Waals surface area contributed by atoms with E-state index in [1.807, 2.05) is 20.8 Å². The molecule has 3 rings (SSSR count). The zero-order chi connectivity index (χ0) is 31.5. The molecule has 0 aliphatic carbocycles. The zero-order valence-electron chi connectivity index (χ0n) is 25.3. The minimum absolute atomic E-state index is 0.115. The predicted octanol–water partition coefficient (Wildman–Crippen LogP) is 6.22. The van der Waals surface area contributed by atoms with E-state index in [1.54, 1.807) is 38.7 Å². The molecule has 1 aromatic heterocycles. The van der Waals surface area contributed by atoms with Crippen LogP contribution in [0.15, 0.2) is 18.2 Å². The number of halogens is 3. The summed E-state index contributed by atoms with van der Waals surface area (Å²) in [5, 5.41) is 11.8. The van der Waals surface area contributed by atoms with E-state index in [4.69, 9.17) is 18.9 Å². The number of nitrogens with one attached hydrogen (secondary N) is 1. The maximum Gasteiger partial charge on any atom is 0.417 e. The molecule has 0 spiro atoms. The number of esters is 1. The van der Waals surface area contributed by atoms with Crippen LogP contribution < -0.4 is 10.1 Å². The number of aromatic nitrogens is 2. The second-order valence-corrected chi connectivity index (χ2v) is 12.1. The number of anilines is 1. The summed E-state index contributed by atoms with van der Waals surface area (Å²) in [5.74, 6) is -1.15. The van der Waals surface area contributed by atoms with E-state index in [-0.39, 0.29) is 23.0 Å². The fourth-order valence-corrected chi connectivity index (χ4v) is 4.42. The lowest BCUT2D eigenvalue weighted by Gasteiger charge is -2.34. The van der Waals surface area contributed by atoms with Crippen LogP contribution in [0.25, 0.3) is 11.3 Å². The maximum absolute atomic E-state index is 14.0. The van der Waals surface area contributed by atoms with Gasteiger partial charge < -0.3 is 29.2 Å². The fourth-order valence-electron chi connectivity index (χ4n) is 4.42. The minimum Gasteiger partial charge on any atom is -0.466 e. The normalized spacial score (nSPS) is 16.2. The highest BCUT2D eigenvalue weighted by molar-refractivity contribution is 5.98. The number of nitrogens with zero attached hydrogens (tertiary/aromatic N) is 3. The number of methoxy groups -OCH3 is 1. The molecule has 1 saturated heterocycles. The number of benzene rings is 1.